The van der Waals surface area contributed by atoms with E-state index in [4.69, 9.17) is 0 Å². The maximum absolute atomic E-state index is 4.41. The van der Waals surface area contributed by atoms with Gasteiger partial charge in [0.05, 0.1) is 6.54 Å². The summed E-state index contributed by atoms with van der Waals surface area (Å²) in [5.41, 5.74) is 1.02. The van der Waals surface area contributed by atoms with E-state index in [9.17, 15) is 0 Å². The Kier molecular flexibility index (Phi) is 5.53. The molecule has 0 fully saturated rings. The third-order valence-electron chi connectivity index (χ3n) is 3.20. The molecule has 4 nitrogen and oxygen atoms in total. The molecule has 0 aliphatic heterocycles. The number of nitrogens with zero attached hydrogens (tertiary/aromatic N) is 4. The molecule has 2 aromatic rings. The molecule has 0 bridgehead atoms. The van der Waals surface area contributed by atoms with Crippen molar-refractivity contribution < 1.29 is 0 Å². The van der Waals surface area contributed by atoms with E-state index in [0.717, 1.165) is 18.5 Å². The van der Waals surface area contributed by atoms with E-state index in [1.165, 1.54) is 32.1 Å². The highest BCUT2D eigenvalue weighted by Crippen LogP contribution is 2.12. The molecule has 4 heteroatoms. The van der Waals surface area contributed by atoms with E-state index in [-0.39, 0.29) is 0 Å². The van der Waals surface area contributed by atoms with Crippen LogP contribution in [0.4, 0.5) is 0 Å². The smallest absolute Gasteiger partial charge is 0.164 e. The number of tetrazole rings is 1. The van der Waals surface area contributed by atoms with Crippen molar-refractivity contribution in [2.45, 2.75) is 52.0 Å². The van der Waals surface area contributed by atoms with Crippen LogP contribution >= 0.6 is 0 Å². The molecular formula is C15H22N4. The minimum Gasteiger partial charge on any atom is -0.164 e. The van der Waals surface area contributed by atoms with Crippen LogP contribution in [0.25, 0.3) is 11.4 Å². The van der Waals surface area contributed by atoms with Crippen molar-refractivity contribution in [2.75, 3.05) is 0 Å². The van der Waals surface area contributed by atoms with Gasteiger partial charge in [-0.25, -0.2) is 0 Å². The fraction of sp³-hybridized carbons (Fsp3) is 0.533. The zero-order valence-electron chi connectivity index (χ0n) is 11.6. The molecule has 102 valence electrons. The third kappa shape index (κ3) is 4.47. The van der Waals surface area contributed by atoms with Crippen LogP contribution in [0.2, 0.25) is 0 Å². The van der Waals surface area contributed by atoms with Crippen LogP contribution in [0.5, 0.6) is 0 Å². The van der Waals surface area contributed by atoms with Crippen LogP contribution < -0.4 is 0 Å². The molecule has 0 aliphatic rings. The van der Waals surface area contributed by atoms with Crippen molar-refractivity contribution in [3.63, 3.8) is 0 Å². The van der Waals surface area contributed by atoms with E-state index in [1.54, 1.807) is 4.80 Å². The van der Waals surface area contributed by atoms with Crippen molar-refractivity contribution in [3.05, 3.63) is 30.3 Å². The molecule has 0 saturated heterocycles. The normalized spacial score (nSPS) is 10.8. The van der Waals surface area contributed by atoms with Gasteiger partial charge in [-0.15, -0.1) is 10.2 Å². The Hall–Kier alpha value is -1.71. The second-order valence-electron chi connectivity index (χ2n) is 4.84. The molecule has 0 atom stereocenters. The Morgan fingerprint density at radius 1 is 0.947 bits per heavy atom. The molecular weight excluding hydrogens is 236 g/mol. The van der Waals surface area contributed by atoms with E-state index in [2.05, 4.69) is 22.3 Å². The van der Waals surface area contributed by atoms with Gasteiger partial charge in [-0.1, -0.05) is 69.4 Å². The number of benzene rings is 1. The predicted octanol–water partition coefficient (Wildman–Crippen LogP) is 3.70. The van der Waals surface area contributed by atoms with Gasteiger partial charge in [-0.3, -0.25) is 0 Å². The minimum atomic E-state index is 0.714. The summed E-state index contributed by atoms with van der Waals surface area (Å²) < 4.78 is 0. The second kappa shape index (κ2) is 7.67. The lowest BCUT2D eigenvalue weighted by Crippen LogP contribution is -2.02. The van der Waals surface area contributed by atoms with Gasteiger partial charge in [0.25, 0.3) is 0 Å². The molecule has 1 aromatic heterocycles. The zero-order valence-corrected chi connectivity index (χ0v) is 11.6. The van der Waals surface area contributed by atoms with Gasteiger partial charge in [0.15, 0.2) is 0 Å². The number of unbranched alkanes of at least 4 members (excludes halogenated alkanes) is 5. The number of rotatable bonds is 8. The highest BCUT2D eigenvalue weighted by molar-refractivity contribution is 5.52. The SMILES string of the molecule is CCCCCCCCn1nnc(-c2ccccc2)n1. The standard InChI is InChI=1S/C15H22N4/c1-2-3-4-5-6-10-13-19-17-15(16-18-19)14-11-8-7-9-12-14/h7-9,11-12H,2-6,10,13H2,1H3. The topological polar surface area (TPSA) is 43.6 Å². The van der Waals surface area contributed by atoms with Gasteiger partial charge in [0, 0.05) is 5.56 Å². The molecule has 0 unspecified atom stereocenters. The maximum Gasteiger partial charge on any atom is 0.204 e. The van der Waals surface area contributed by atoms with Gasteiger partial charge in [-0.2, -0.15) is 4.80 Å². The lowest BCUT2D eigenvalue weighted by molar-refractivity contribution is 0.474. The first kappa shape index (κ1) is 13.7. The summed E-state index contributed by atoms with van der Waals surface area (Å²) in [6.45, 7) is 3.11. The first-order chi connectivity index (χ1) is 9.40. The average molecular weight is 258 g/mol. The van der Waals surface area contributed by atoms with E-state index in [0.29, 0.717) is 5.82 Å². The van der Waals surface area contributed by atoms with Crippen molar-refractivity contribution in [3.8, 4) is 11.4 Å². The van der Waals surface area contributed by atoms with Gasteiger partial charge >= 0.3 is 0 Å². The van der Waals surface area contributed by atoms with Crippen LogP contribution in [-0.4, -0.2) is 20.2 Å². The zero-order chi connectivity index (χ0) is 13.3. The molecule has 19 heavy (non-hydrogen) atoms. The Balaban J connectivity index is 1.75. The van der Waals surface area contributed by atoms with E-state index < -0.39 is 0 Å². The van der Waals surface area contributed by atoms with Crippen LogP contribution in [0, 0.1) is 0 Å². The van der Waals surface area contributed by atoms with Crippen LogP contribution in [0.1, 0.15) is 45.4 Å². The monoisotopic (exact) mass is 258 g/mol. The molecule has 0 N–H and O–H groups in total. The minimum absolute atomic E-state index is 0.714. The molecule has 1 aromatic carbocycles. The summed E-state index contributed by atoms with van der Waals surface area (Å²) in [7, 11) is 0. The lowest BCUT2D eigenvalue weighted by atomic mass is 10.1. The lowest BCUT2D eigenvalue weighted by Gasteiger charge is -1.99. The van der Waals surface area contributed by atoms with Crippen molar-refractivity contribution in [1.29, 1.82) is 0 Å². The first-order valence-corrected chi connectivity index (χ1v) is 7.23. The fourth-order valence-electron chi connectivity index (χ4n) is 2.07. The summed E-state index contributed by atoms with van der Waals surface area (Å²) in [5.74, 6) is 0.714. The summed E-state index contributed by atoms with van der Waals surface area (Å²) >= 11 is 0. The molecule has 0 spiro atoms. The van der Waals surface area contributed by atoms with E-state index in [1.807, 2.05) is 30.3 Å². The fourth-order valence-corrected chi connectivity index (χ4v) is 2.07. The quantitative estimate of drug-likeness (QED) is 0.678. The first-order valence-electron chi connectivity index (χ1n) is 7.23. The Labute approximate surface area is 114 Å². The Morgan fingerprint density at radius 2 is 1.68 bits per heavy atom. The summed E-state index contributed by atoms with van der Waals surface area (Å²) in [6.07, 6.45) is 7.69. The number of hydrogen-bond donors (Lipinski definition) is 0. The summed E-state index contributed by atoms with van der Waals surface area (Å²) in [6, 6.07) is 9.98. The number of aromatic nitrogens is 4. The van der Waals surface area contributed by atoms with Crippen LogP contribution in [0.15, 0.2) is 30.3 Å². The molecule has 2 rings (SSSR count). The highest BCUT2D eigenvalue weighted by Gasteiger charge is 2.04. The third-order valence-corrected chi connectivity index (χ3v) is 3.20. The van der Waals surface area contributed by atoms with Gasteiger partial charge in [0.1, 0.15) is 0 Å². The molecule has 0 saturated carbocycles. The van der Waals surface area contributed by atoms with Gasteiger partial charge in [0.2, 0.25) is 5.82 Å². The molecule has 0 amide bonds. The average Bonchev–Trinajstić information content (AvgIpc) is 2.92. The van der Waals surface area contributed by atoms with Gasteiger partial charge < -0.3 is 0 Å². The van der Waals surface area contributed by atoms with Gasteiger partial charge in [-0.05, 0) is 11.6 Å². The second-order valence-corrected chi connectivity index (χ2v) is 4.84. The molecule has 1 heterocycles. The van der Waals surface area contributed by atoms with E-state index >= 15 is 0 Å². The maximum atomic E-state index is 4.41. The summed E-state index contributed by atoms with van der Waals surface area (Å²) in [5, 5.41) is 12.6. The Bertz CT molecular complexity index is 464. The van der Waals surface area contributed by atoms with Crippen molar-refractivity contribution >= 4 is 0 Å². The summed E-state index contributed by atoms with van der Waals surface area (Å²) in [4.78, 5) is 1.71. The predicted molar refractivity (Wildman–Crippen MR) is 76.6 cm³/mol. The molecule has 0 aliphatic carbocycles. The molecule has 0 radical (unpaired) electrons. The van der Waals surface area contributed by atoms with Crippen LogP contribution in [-0.2, 0) is 6.54 Å². The van der Waals surface area contributed by atoms with Crippen molar-refractivity contribution in [1.82, 2.24) is 20.2 Å². The largest absolute Gasteiger partial charge is 0.204 e. The number of hydrogen-bond acceptors (Lipinski definition) is 3. The van der Waals surface area contributed by atoms with Crippen molar-refractivity contribution in [2.24, 2.45) is 0 Å². The Morgan fingerprint density at radius 3 is 2.47 bits per heavy atom. The van der Waals surface area contributed by atoms with Crippen LogP contribution in [0.3, 0.4) is 0 Å². The highest BCUT2D eigenvalue weighted by atomic mass is 15.6. The number of aryl methyl sites for hydroxylation is 1.